The molecule has 0 spiro atoms. The van der Waals surface area contributed by atoms with E-state index < -0.39 is 0 Å². The first-order chi connectivity index (χ1) is 8.69. The average Bonchev–Trinajstić information content (AvgIpc) is 2.38. The maximum atomic E-state index is 8.97. The van der Waals surface area contributed by atoms with Crippen LogP contribution in [0.4, 0.5) is 5.69 Å². The van der Waals surface area contributed by atoms with E-state index in [4.69, 9.17) is 5.11 Å². The summed E-state index contributed by atoms with van der Waals surface area (Å²) in [5.41, 5.74) is 4.46. The minimum atomic E-state index is 0.0871. The summed E-state index contributed by atoms with van der Waals surface area (Å²) in [7, 11) is 0. The van der Waals surface area contributed by atoms with Crippen molar-refractivity contribution in [1.82, 2.24) is 0 Å². The standard InChI is InChI=1S/C15H16BrNO/c1-11-2-5-13(15(16)8-11)9-17-14-6-3-12(10-18)4-7-14/h2-8,17-18H,9-10H2,1H3. The number of rotatable bonds is 4. The maximum absolute atomic E-state index is 8.97. The third-order valence-corrected chi connectivity index (χ3v) is 3.57. The Balaban J connectivity index is 2.02. The number of nitrogens with one attached hydrogen (secondary N) is 1. The molecule has 0 atom stereocenters. The zero-order valence-corrected chi connectivity index (χ0v) is 11.9. The van der Waals surface area contributed by atoms with Crippen LogP contribution >= 0.6 is 15.9 Å². The molecular formula is C15H16BrNO. The van der Waals surface area contributed by atoms with Crippen LogP contribution in [0.2, 0.25) is 0 Å². The molecule has 0 saturated carbocycles. The lowest BCUT2D eigenvalue weighted by molar-refractivity contribution is 0.282. The summed E-state index contributed by atoms with van der Waals surface area (Å²) in [6.07, 6.45) is 0. The largest absolute Gasteiger partial charge is 0.392 e. The van der Waals surface area contributed by atoms with E-state index in [1.165, 1.54) is 11.1 Å². The molecule has 0 aliphatic rings. The highest BCUT2D eigenvalue weighted by Gasteiger charge is 2.00. The molecule has 0 saturated heterocycles. The zero-order chi connectivity index (χ0) is 13.0. The van der Waals surface area contributed by atoms with Crippen molar-refractivity contribution in [2.24, 2.45) is 0 Å². The van der Waals surface area contributed by atoms with Gasteiger partial charge in [0, 0.05) is 16.7 Å². The van der Waals surface area contributed by atoms with Crippen LogP contribution in [0.3, 0.4) is 0 Å². The van der Waals surface area contributed by atoms with Crippen LogP contribution in [0.25, 0.3) is 0 Å². The molecule has 18 heavy (non-hydrogen) atoms. The highest BCUT2D eigenvalue weighted by atomic mass is 79.9. The van der Waals surface area contributed by atoms with Crippen LogP contribution in [-0.4, -0.2) is 5.11 Å². The molecular weight excluding hydrogens is 290 g/mol. The fraction of sp³-hybridized carbons (Fsp3) is 0.200. The Morgan fingerprint density at radius 1 is 1.11 bits per heavy atom. The Morgan fingerprint density at radius 3 is 2.44 bits per heavy atom. The van der Waals surface area contributed by atoms with Crippen molar-refractivity contribution >= 4 is 21.6 Å². The van der Waals surface area contributed by atoms with Crippen molar-refractivity contribution in [3.63, 3.8) is 0 Å². The minimum absolute atomic E-state index is 0.0871. The highest BCUT2D eigenvalue weighted by Crippen LogP contribution is 2.20. The van der Waals surface area contributed by atoms with Crippen molar-refractivity contribution in [2.75, 3.05) is 5.32 Å². The van der Waals surface area contributed by atoms with Crippen molar-refractivity contribution in [3.8, 4) is 0 Å². The fourth-order valence-electron chi connectivity index (χ4n) is 1.72. The number of halogens is 1. The molecule has 2 rings (SSSR count). The molecule has 0 fully saturated rings. The Morgan fingerprint density at radius 2 is 1.83 bits per heavy atom. The van der Waals surface area contributed by atoms with Gasteiger partial charge in [-0.3, -0.25) is 0 Å². The summed E-state index contributed by atoms with van der Waals surface area (Å²) in [6, 6.07) is 14.2. The predicted octanol–water partition coefficient (Wildman–Crippen LogP) is 3.86. The van der Waals surface area contributed by atoms with Gasteiger partial charge < -0.3 is 10.4 Å². The summed E-state index contributed by atoms with van der Waals surface area (Å²) in [4.78, 5) is 0. The summed E-state index contributed by atoms with van der Waals surface area (Å²) in [5.74, 6) is 0. The maximum Gasteiger partial charge on any atom is 0.0681 e. The molecule has 2 aromatic rings. The number of aliphatic hydroxyl groups excluding tert-OH is 1. The van der Waals surface area contributed by atoms with Crippen molar-refractivity contribution in [2.45, 2.75) is 20.1 Å². The normalized spacial score (nSPS) is 10.4. The van der Waals surface area contributed by atoms with Gasteiger partial charge in [0.2, 0.25) is 0 Å². The van der Waals surface area contributed by atoms with E-state index in [2.05, 4.69) is 46.4 Å². The SMILES string of the molecule is Cc1ccc(CNc2ccc(CO)cc2)c(Br)c1. The first-order valence-electron chi connectivity index (χ1n) is 5.88. The lowest BCUT2D eigenvalue weighted by Crippen LogP contribution is -2.00. The van der Waals surface area contributed by atoms with E-state index in [0.29, 0.717) is 0 Å². The number of aryl methyl sites for hydroxylation is 1. The van der Waals surface area contributed by atoms with E-state index in [9.17, 15) is 0 Å². The third kappa shape index (κ3) is 3.34. The molecule has 0 heterocycles. The Bertz CT molecular complexity index is 523. The van der Waals surface area contributed by atoms with Gasteiger partial charge in [-0.25, -0.2) is 0 Å². The molecule has 2 nitrogen and oxygen atoms in total. The number of aliphatic hydroxyl groups is 1. The van der Waals surface area contributed by atoms with Gasteiger partial charge in [0.1, 0.15) is 0 Å². The molecule has 0 radical (unpaired) electrons. The number of hydrogen-bond acceptors (Lipinski definition) is 2. The average molecular weight is 306 g/mol. The second-order valence-corrected chi connectivity index (χ2v) is 5.16. The lowest BCUT2D eigenvalue weighted by atomic mass is 10.1. The molecule has 0 amide bonds. The van der Waals surface area contributed by atoms with Crippen molar-refractivity contribution in [3.05, 3.63) is 63.6 Å². The first-order valence-corrected chi connectivity index (χ1v) is 6.67. The first kappa shape index (κ1) is 13.1. The van der Waals surface area contributed by atoms with E-state index in [1.807, 2.05) is 24.3 Å². The molecule has 2 N–H and O–H groups in total. The van der Waals surface area contributed by atoms with E-state index in [1.54, 1.807) is 0 Å². The van der Waals surface area contributed by atoms with Crippen LogP contribution < -0.4 is 5.32 Å². The smallest absolute Gasteiger partial charge is 0.0681 e. The second kappa shape index (κ2) is 6.03. The monoisotopic (exact) mass is 305 g/mol. The Hall–Kier alpha value is -1.32. The summed E-state index contributed by atoms with van der Waals surface area (Å²) in [5, 5.41) is 12.3. The molecule has 0 bridgehead atoms. The molecule has 94 valence electrons. The predicted molar refractivity (Wildman–Crippen MR) is 78.6 cm³/mol. The topological polar surface area (TPSA) is 32.3 Å². The Kier molecular flexibility index (Phi) is 4.39. The van der Waals surface area contributed by atoms with Gasteiger partial charge in [-0.15, -0.1) is 0 Å². The van der Waals surface area contributed by atoms with Crippen LogP contribution in [0.15, 0.2) is 46.9 Å². The summed E-state index contributed by atoms with van der Waals surface area (Å²) >= 11 is 3.57. The second-order valence-electron chi connectivity index (χ2n) is 4.30. The van der Waals surface area contributed by atoms with Gasteiger partial charge in [0.25, 0.3) is 0 Å². The molecule has 0 aliphatic carbocycles. The summed E-state index contributed by atoms with van der Waals surface area (Å²) in [6.45, 7) is 2.94. The van der Waals surface area contributed by atoms with E-state index >= 15 is 0 Å². The third-order valence-electron chi connectivity index (χ3n) is 2.83. The van der Waals surface area contributed by atoms with Crippen LogP contribution in [0, 0.1) is 6.92 Å². The van der Waals surface area contributed by atoms with Crippen LogP contribution in [0.1, 0.15) is 16.7 Å². The Labute approximate surface area is 116 Å². The van der Waals surface area contributed by atoms with E-state index in [0.717, 1.165) is 22.3 Å². The van der Waals surface area contributed by atoms with Crippen LogP contribution in [0.5, 0.6) is 0 Å². The molecule has 0 aliphatic heterocycles. The lowest BCUT2D eigenvalue weighted by Gasteiger charge is -2.09. The quantitative estimate of drug-likeness (QED) is 0.899. The minimum Gasteiger partial charge on any atom is -0.392 e. The highest BCUT2D eigenvalue weighted by molar-refractivity contribution is 9.10. The molecule has 3 heteroatoms. The van der Waals surface area contributed by atoms with Crippen molar-refractivity contribution in [1.29, 1.82) is 0 Å². The van der Waals surface area contributed by atoms with Gasteiger partial charge in [-0.2, -0.15) is 0 Å². The fourth-order valence-corrected chi connectivity index (χ4v) is 2.35. The molecule has 2 aromatic carbocycles. The number of hydrogen-bond donors (Lipinski definition) is 2. The molecule has 0 unspecified atom stereocenters. The van der Waals surface area contributed by atoms with Crippen molar-refractivity contribution < 1.29 is 5.11 Å². The van der Waals surface area contributed by atoms with Gasteiger partial charge in [-0.1, -0.05) is 40.2 Å². The molecule has 0 aromatic heterocycles. The van der Waals surface area contributed by atoms with Gasteiger partial charge in [0.05, 0.1) is 6.61 Å². The van der Waals surface area contributed by atoms with Gasteiger partial charge in [-0.05, 0) is 41.8 Å². The zero-order valence-electron chi connectivity index (χ0n) is 10.3. The van der Waals surface area contributed by atoms with Crippen LogP contribution in [-0.2, 0) is 13.2 Å². The number of anilines is 1. The number of benzene rings is 2. The summed E-state index contributed by atoms with van der Waals surface area (Å²) < 4.78 is 1.13. The van der Waals surface area contributed by atoms with Gasteiger partial charge in [0.15, 0.2) is 0 Å². The van der Waals surface area contributed by atoms with E-state index in [-0.39, 0.29) is 6.61 Å². The van der Waals surface area contributed by atoms with Gasteiger partial charge >= 0.3 is 0 Å².